The van der Waals surface area contributed by atoms with Crippen LogP contribution < -0.4 is 10.1 Å². The van der Waals surface area contributed by atoms with Crippen LogP contribution in [0.15, 0.2) is 48.7 Å². The van der Waals surface area contributed by atoms with E-state index in [4.69, 9.17) is 9.47 Å². The molecule has 2 aliphatic heterocycles. The van der Waals surface area contributed by atoms with Gasteiger partial charge in [-0.15, -0.1) is 0 Å². The molecule has 0 saturated carbocycles. The van der Waals surface area contributed by atoms with Gasteiger partial charge in [0, 0.05) is 25.1 Å². The molecule has 1 N–H and O–H groups in total. The fraction of sp³-hybridized carbons (Fsp3) is 0.455. The number of ether oxygens (including phenoxy) is 2. The van der Waals surface area contributed by atoms with Crippen molar-refractivity contribution in [3.05, 3.63) is 48.7 Å². The zero-order valence-electron chi connectivity index (χ0n) is 16.0. The van der Waals surface area contributed by atoms with Gasteiger partial charge >= 0.3 is 0 Å². The van der Waals surface area contributed by atoms with Crippen LogP contribution in [0, 0.1) is 11.8 Å². The average Bonchev–Trinajstić information content (AvgIpc) is 3.24. The number of hydrogen-bond donors (Lipinski definition) is 1. The van der Waals surface area contributed by atoms with Gasteiger partial charge in [-0.05, 0) is 56.5 Å². The number of anilines is 1. The molecule has 2 aromatic rings. The Balaban J connectivity index is 1.23. The predicted octanol–water partition coefficient (Wildman–Crippen LogP) is 3.56. The highest BCUT2D eigenvalue weighted by Crippen LogP contribution is 2.23. The Hall–Kier alpha value is -2.44. The lowest BCUT2D eigenvalue weighted by Crippen LogP contribution is -2.40. The zero-order valence-corrected chi connectivity index (χ0v) is 16.0. The molecule has 0 unspecified atom stereocenters. The summed E-state index contributed by atoms with van der Waals surface area (Å²) in [6, 6.07) is 13.1. The minimum Gasteiger partial charge on any atom is -0.439 e. The van der Waals surface area contributed by atoms with E-state index in [0.717, 1.165) is 57.9 Å². The first-order chi connectivity index (χ1) is 13.8. The largest absolute Gasteiger partial charge is 0.439 e. The van der Waals surface area contributed by atoms with E-state index in [0.29, 0.717) is 17.5 Å². The molecule has 1 amide bonds. The maximum Gasteiger partial charge on any atom is 0.227 e. The highest BCUT2D eigenvalue weighted by molar-refractivity contribution is 5.92. The van der Waals surface area contributed by atoms with Gasteiger partial charge in [-0.3, -0.25) is 4.79 Å². The SMILES string of the molecule is O=C(Nc1ccc(Oc2ccccc2)nc1)C1CCN(C[C@@H]2CCOC2)CC1. The summed E-state index contributed by atoms with van der Waals surface area (Å²) in [5.41, 5.74) is 0.705. The number of likely N-dealkylation sites (tertiary alicyclic amines) is 1. The number of carbonyl (C=O) groups is 1. The first-order valence-corrected chi connectivity index (χ1v) is 10.1. The van der Waals surface area contributed by atoms with Gasteiger partial charge in [0.05, 0.1) is 18.5 Å². The lowest BCUT2D eigenvalue weighted by Gasteiger charge is -2.32. The highest BCUT2D eigenvalue weighted by Gasteiger charge is 2.27. The van der Waals surface area contributed by atoms with Crippen LogP contribution in [0.2, 0.25) is 0 Å². The van der Waals surface area contributed by atoms with Crippen molar-refractivity contribution >= 4 is 11.6 Å². The monoisotopic (exact) mass is 381 g/mol. The number of nitrogens with zero attached hydrogens (tertiary/aromatic N) is 2. The van der Waals surface area contributed by atoms with Crippen LogP contribution in [0.3, 0.4) is 0 Å². The molecule has 1 aromatic heterocycles. The van der Waals surface area contributed by atoms with Crippen LogP contribution in [-0.4, -0.2) is 48.6 Å². The maximum atomic E-state index is 12.6. The molecule has 4 rings (SSSR count). The lowest BCUT2D eigenvalue weighted by atomic mass is 9.95. The average molecular weight is 381 g/mol. The van der Waals surface area contributed by atoms with Crippen molar-refractivity contribution in [2.75, 3.05) is 38.2 Å². The van der Waals surface area contributed by atoms with Gasteiger partial charge < -0.3 is 19.7 Å². The second-order valence-corrected chi connectivity index (χ2v) is 7.59. The second kappa shape index (κ2) is 9.17. The standard InChI is InChI=1S/C22H27N3O3/c26-22(18-8-11-25(12-9-18)15-17-10-13-27-16-17)24-19-6-7-21(23-14-19)28-20-4-2-1-3-5-20/h1-7,14,17-18H,8-13,15-16H2,(H,24,26)/t17-/m0/s1. The topological polar surface area (TPSA) is 63.7 Å². The summed E-state index contributed by atoms with van der Waals surface area (Å²) in [7, 11) is 0. The van der Waals surface area contributed by atoms with E-state index in [1.807, 2.05) is 36.4 Å². The van der Waals surface area contributed by atoms with E-state index < -0.39 is 0 Å². The van der Waals surface area contributed by atoms with Gasteiger partial charge in [-0.1, -0.05) is 18.2 Å². The summed E-state index contributed by atoms with van der Waals surface area (Å²) in [6.45, 7) is 4.85. The van der Waals surface area contributed by atoms with Crippen LogP contribution in [0.5, 0.6) is 11.6 Å². The molecule has 2 aliphatic rings. The van der Waals surface area contributed by atoms with Gasteiger partial charge in [0.2, 0.25) is 11.8 Å². The highest BCUT2D eigenvalue weighted by atomic mass is 16.5. The minimum atomic E-state index is 0.0660. The Kier molecular flexibility index (Phi) is 6.19. The van der Waals surface area contributed by atoms with E-state index in [-0.39, 0.29) is 11.8 Å². The first-order valence-electron chi connectivity index (χ1n) is 10.1. The van der Waals surface area contributed by atoms with Crippen molar-refractivity contribution in [1.29, 1.82) is 0 Å². The second-order valence-electron chi connectivity index (χ2n) is 7.59. The van der Waals surface area contributed by atoms with Crippen molar-refractivity contribution in [3.63, 3.8) is 0 Å². The van der Waals surface area contributed by atoms with Crippen LogP contribution in [0.25, 0.3) is 0 Å². The van der Waals surface area contributed by atoms with Crippen LogP contribution in [0.4, 0.5) is 5.69 Å². The number of rotatable bonds is 6. The number of piperidine rings is 1. The fourth-order valence-corrected chi connectivity index (χ4v) is 3.84. The van der Waals surface area contributed by atoms with Gasteiger partial charge in [-0.25, -0.2) is 4.98 Å². The molecular formula is C22H27N3O3. The molecule has 148 valence electrons. The molecule has 6 heteroatoms. The molecule has 2 fully saturated rings. The summed E-state index contributed by atoms with van der Waals surface area (Å²) < 4.78 is 11.1. The molecule has 0 aliphatic carbocycles. The number of nitrogens with one attached hydrogen (secondary N) is 1. The molecule has 1 atom stereocenters. The Morgan fingerprint density at radius 2 is 1.96 bits per heavy atom. The number of aromatic nitrogens is 1. The van der Waals surface area contributed by atoms with Gasteiger partial charge in [-0.2, -0.15) is 0 Å². The third kappa shape index (κ3) is 5.09. The lowest BCUT2D eigenvalue weighted by molar-refractivity contribution is -0.121. The quantitative estimate of drug-likeness (QED) is 0.829. The molecule has 28 heavy (non-hydrogen) atoms. The summed E-state index contributed by atoms with van der Waals surface area (Å²) in [4.78, 5) is 19.3. The number of pyridine rings is 1. The van der Waals surface area contributed by atoms with E-state index in [2.05, 4.69) is 15.2 Å². The number of hydrogen-bond acceptors (Lipinski definition) is 5. The molecule has 3 heterocycles. The number of amides is 1. The minimum absolute atomic E-state index is 0.0660. The van der Waals surface area contributed by atoms with E-state index in [1.54, 1.807) is 12.3 Å². The van der Waals surface area contributed by atoms with Crippen LogP contribution in [0.1, 0.15) is 19.3 Å². The molecule has 0 radical (unpaired) electrons. The summed E-state index contributed by atoms with van der Waals surface area (Å²) in [5, 5.41) is 3.00. The predicted molar refractivity (Wildman–Crippen MR) is 107 cm³/mol. The van der Waals surface area contributed by atoms with Crippen molar-refractivity contribution in [2.45, 2.75) is 19.3 Å². The van der Waals surface area contributed by atoms with Crippen molar-refractivity contribution in [3.8, 4) is 11.6 Å². The number of carbonyl (C=O) groups excluding carboxylic acids is 1. The van der Waals surface area contributed by atoms with E-state index in [9.17, 15) is 4.79 Å². The number of para-hydroxylation sites is 1. The Morgan fingerprint density at radius 1 is 1.14 bits per heavy atom. The molecular weight excluding hydrogens is 354 g/mol. The summed E-state index contributed by atoms with van der Waals surface area (Å²) in [6.07, 6.45) is 4.62. The third-order valence-corrected chi connectivity index (χ3v) is 5.47. The molecule has 2 saturated heterocycles. The molecule has 6 nitrogen and oxygen atoms in total. The molecule has 0 bridgehead atoms. The molecule has 0 spiro atoms. The van der Waals surface area contributed by atoms with Crippen molar-refractivity contribution in [1.82, 2.24) is 9.88 Å². The van der Waals surface area contributed by atoms with E-state index >= 15 is 0 Å². The van der Waals surface area contributed by atoms with Crippen LogP contribution in [-0.2, 0) is 9.53 Å². The maximum absolute atomic E-state index is 12.6. The Morgan fingerprint density at radius 3 is 2.64 bits per heavy atom. The van der Waals surface area contributed by atoms with E-state index in [1.165, 1.54) is 0 Å². The van der Waals surface area contributed by atoms with Crippen molar-refractivity contribution in [2.24, 2.45) is 11.8 Å². The van der Waals surface area contributed by atoms with Crippen molar-refractivity contribution < 1.29 is 14.3 Å². The number of benzene rings is 1. The summed E-state index contributed by atoms with van der Waals surface area (Å²) in [5.74, 6) is 2.06. The Bertz CT molecular complexity index is 752. The third-order valence-electron chi connectivity index (χ3n) is 5.47. The molecule has 1 aromatic carbocycles. The van der Waals surface area contributed by atoms with Crippen LogP contribution >= 0.6 is 0 Å². The summed E-state index contributed by atoms with van der Waals surface area (Å²) >= 11 is 0. The van der Waals surface area contributed by atoms with Gasteiger partial charge in [0.15, 0.2) is 0 Å². The first kappa shape index (κ1) is 18.9. The van der Waals surface area contributed by atoms with Gasteiger partial charge in [0.1, 0.15) is 5.75 Å². The Labute approximate surface area is 165 Å². The normalized spacial score (nSPS) is 20.8. The fourth-order valence-electron chi connectivity index (χ4n) is 3.84. The van der Waals surface area contributed by atoms with Gasteiger partial charge in [0.25, 0.3) is 0 Å². The smallest absolute Gasteiger partial charge is 0.227 e. The zero-order chi connectivity index (χ0) is 19.2.